The van der Waals surface area contributed by atoms with Gasteiger partial charge in [0, 0.05) is 24.3 Å². The first-order chi connectivity index (χ1) is 16.7. The van der Waals surface area contributed by atoms with Gasteiger partial charge in [-0.2, -0.15) is 13.2 Å². The van der Waals surface area contributed by atoms with Gasteiger partial charge in [-0.3, -0.25) is 9.69 Å². The normalized spacial score (nSPS) is 14.1. The zero-order valence-electron chi connectivity index (χ0n) is 20.0. The van der Waals surface area contributed by atoms with E-state index in [1.54, 1.807) is 24.3 Å². The van der Waals surface area contributed by atoms with E-state index in [1.807, 2.05) is 12.1 Å². The molecule has 3 aromatic carbocycles. The zero-order valence-corrected chi connectivity index (χ0v) is 20.0. The van der Waals surface area contributed by atoms with Crippen LogP contribution in [-0.4, -0.2) is 49.4 Å². The molecule has 0 saturated heterocycles. The summed E-state index contributed by atoms with van der Waals surface area (Å²) in [6, 6.07) is 17.9. The summed E-state index contributed by atoms with van der Waals surface area (Å²) >= 11 is 0. The van der Waals surface area contributed by atoms with Crippen LogP contribution in [0.2, 0.25) is 0 Å². The highest BCUT2D eigenvalue weighted by Crippen LogP contribution is 2.32. The lowest BCUT2D eigenvalue weighted by Crippen LogP contribution is -2.32. The van der Waals surface area contributed by atoms with Gasteiger partial charge in [0.1, 0.15) is 0 Å². The van der Waals surface area contributed by atoms with E-state index in [2.05, 4.69) is 35.3 Å². The first-order valence-corrected chi connectivity index (χ1v) is 11.8. The first-order valence-electron chi connectivity index (χ1n) is 11.8. The molecule has 184 valence electrons. The third-order valence-corrected chi connectivity index (χ3v) is 6.33. The lowest BCUT2D eigenvalue weighted by Gasteiger charge is -2.29. The third kappa shape index (κ3) is 6.29. The van der Waals surface area contributed by atoms with Crippen LogP contribution in [0, 0.1) is 0 Å². The molecule has 1 heterocycles. The van der Waals surface area contributed by atoms with Crippen LogP contribution in [0.15, 0.2) is 66.7 Å². The smallest absolute Gasteiger partial charge is 0.322 e. The number of benzene rings is 3. The van der Waals surface area contributed by atoms with Crippen LogP contribution in [0.1, 0.15) is 33.5 Å². The number of halogens is 3. The topological polar surface area (TPSA) is 35.6 Å². The standard InChI is InChI=1S/C28H30F3N3O/c1-33(2)15-5-16-34-17-14-21-18-24(13-10-22(21)19-34)32-27(35)26-7-4-3-6-25(26)20-8-11-23(12-9-20)28(29,30)31/h3-4,6-13,18H,5,14-17,19H2,1-2H3,(H,32,35). The van der Waals surface area contributed by atoms with Crippen molar-refractivity contribution in [1.29, 1.82) is 0 Å². The highest BCUT2D eigenvalue weighted by molar-refractivity contribution is 6.08. The van der Waals surface area contributed by atoms with Crippen LogP contribution in [-0.2, 0) is 19.1 Å². The molecule has 0 aliphatic carbocycles. The molecule has 3 aromatic rings. The number of nitrogens with zero attached hydrogens (tertiary/aromatic N) is 2. The van der Waals surface area contributed by atoms with Crippen LogP contribution in [0.5, 0.6) is 0 Å². The van der Waals surface area contributed by atoms with Gasteiger partial charge in [-0.15, -0.1) is 0 Å². The van der Waals surface area contributed by atoms with Crippen LogP contribution >= 0.6 is 0 Å². The number of rotatable bonds is 7. The molecular formula is C28H30F3N3O. The van der Waals surface area contributed by atoms with Gasteiger partial charge in [-0.25, -0.2) is 0 Å². The molecule has 1 amide bonds. The largest absolute Gasteiger partial charge is 0.416 e. The molecule has 4 rings (SSSR count). The first kappa shape index (κ1) is 24.9. The van der Waals surface area contributed by atoms with E-state index in [0.29, 0.717) is 16.7 Å². The van der Waals surface area contributed by atoms with E-state index in [1.165, 1.54) is 23.3 Å². The van der Waals surface area contributed by atoms with Gasteiger partial charge in [0.25, 0.3) is 5.91 Å². The molecule has 1 aliphatic rings. The predicted octanol–water partition coefficient (Wildman–Crippen LogP) is 5.93. The molecule has 0 spiro atoms. The van der Waals surface area contributed by atoms with E-state index < -0.39 is 11.7 Å². The van der Waals surface area contributed by atoms with Crippen molar-refractivity contribution in [2.75, 3.05) is 39.0 Å². The molecule has 0 saturated carbocycles. The maximum atomic E-state index is 13.1. The van der Waals surface area contributed by atoms with Crippen molar-refractivity contribution < 1.29 is 18.0 Å². The van der Waals surface area contributed by atoms with E-state index in [-0.39, 0.29) is 5.91 Å². The molecule has 0 bridgehead atoms. The highest BCUT2D eigenvalue weighted by atomic mass is 19.4. The summed E-state index contributed by atoms with van der Waals surface area (Å²) in [5.74, 6) is -0.290. The fourth-order valence-corrected chi connectivity index (χ4v) is 4.46. The number of nitrogens with one attached hydrogen (secondary N) is 1. The maximum Gasteiger partial charge on any atom is 0.416 e. The second kappa shape index (κ2) is 10.6. The Morgan fingerprint density at radius 1 is 1.00 bits per heavy atom. The molecule has 35 heavy (non-hydrogen) atoms. The van der Waals surface area contributed by atoms with Crippen molar-refractivity contribution in [3.63, 3.8) is 0 Å². The van der Waals surface area contributed by atoms with Gasteiger partial charge >= 0.3 is 6.18 Å². The number of amides is 1. The summed E-state index contributed by atoms with van der Waals surface area (Å²) in [7, 11) is 4.17. The second-order valence-corrected chi connectivity index (χ2v) is 9.24. The van der Waals surface area contributed by atoms with Gasteiger partial charge in [0.05, 0.1) is 5.56 Å². The molecule has 0 fully saturated rings. The number of anilines is 1. The van der Waals surface area contributed by atoms with E-state index in [0.717, 1.165) is 56.8 Å². The summed E-state index contributed by atoms with van der Waals surface area (Å²) < 4.78 is 38.8. The molecule has 1 aliphatic heterocycles. The van der Waals surface area contributed by atoms with Crippen molar-refractivity contribution in [3.05, 3.63) is 89.0 Å². The summed E-state index contributed by atoms with van der Waals surface area (Å²) in [5, 5.41) is 2.97. The quantitative estimate of drug-likeness (QED) is 0.454. The summed E-state index contributed by atoms with van der Waals surface area (Å²) in [6.07, 6.45) is -2.33. The Hall–Kier alpha value is -3.16. The van der Waals surface area contributed by atoms with Gasteiger partial charge < -0.3 is 10.2 Å². The lowest BCUT2D eigenvalue weighted by atomic mass is 9.97. The molecule has 0 unspecified atom stereocenters. The number of carbonyl (C=O) groups is 1. The average molecular weight is 482 g/mol. The van der Waals surface area contributed by atoms with Gasteiger partial charge in [0.2, 0.25) is 0 Å². The Morgan fingerprint density at radius 2 is 1.74 bits per heavy atom. The van der Waals surface area contributed by atoms with Gasteiger partial charge in [-0.05, 0) is 92.6 Å². The van der Waals surface area contributed by atoms with Crippen molar-refractivity contribution in [2.45, 2.75) is 25.6 Å². The van der Waals surface area contributed by atoms with E-state index in [9.17, 15) is 18.0 Å². The molecule has 1 N–H and O–H groups in total. The molecule has 0 aromatic heterocycles. The van der Waals surface area contributed by atoms with Crippen molar-refractivity contribution >= 4 is 11.6 Å². The zero-order chi connectivity index (χ0) is 25.0. The fraction of sp³-hybridized carbons (Fsp3) is 0.321. The fourth-order valence-electron chi connectivity index (χ4n) is 4.46. The summed E-state index contributed by atoms with van der Waals surface area (Å²) in [6.45, 7) is 4.04. The maximum absolute atomic E-state index is 13.1. The van der Waals surface area contributed by atoms with Crippen LogP contribution in [0.25, 0.3) is 11.1 Å². The number of hydrogen-bond acceptors (Lipinski definition) is 3. The van der Waals surface area contributed by atoms with Crippen LogP contribution < -0.4 is 5.32 Å². The minimum Gasteiger partial charge on any atom is -0.322 e. The summed E-state index contributed by atoms with van der Waals surface area (Å²) in [5.41, 5.74) is 4.09. The SMILES string of the molecule is CN(C)CCCN1CCc2cc(NC(=O)c3ccccc3-c3ccc(C(F)(F)F)cc3)ccc2C1. The van der Waals surface area contributed by atoms with Crippen molar-refractivity contribution in [3.8, 4) is 11.1 Å². The lowest BCUT2D eigenvalue weighted by molar-refractivity contribution is -0.137. The molecular weight excluding hydrogens is 451 g/mol. The average Bonchev–Trinajstić information content (AvgIpc) is 2.83. The monoisotopic (exact) mass is 481 g/mol. The Labute approximate surface area is 204 Å². The Bertz CT molecular complexity index is 1170. The predicted molar refractivity (Wildman–Crippen MR) is 133 cm³/mol. The number of fused-ring (bicyclic) bond motifs is 1. The minimum absolute atomic E-state index is 0.290. The van der Waals surface area contributed by atoms with Gasteiger partial charge in [-0.1, -0.05) is 36.4 Å². The Morgan fingerprint density at radius 3 is 2.46 bits per heavy atom. The van der Waals surface area contributed by atoms with Crippen LogP contribution in [0.3, 0.4) is 0 Å². The molecule has 7 heteroatoms. The van der Waals surface area contributed by atoms with Crippen molar-refractivity contribution in [1.82, 2.24) is 9.80 Å². The summed E-state index contributed by atoms with van der Waals surface area (Å²) in [4.78, 5) is 17.8. The number of hydrogen-bond donors (Lipinski definition) is 1. The third-order valence-electron chi connectivity index (χ3n) is 6.33. The molecule has 4 nitrogen and oxygen atoms in total. The van der Waals surface area contributed by atoms with E-state index in [4.69, 9.17) is 0 Å². The van der Waals surface area contributed by atoms with E-state index >= 15 is 0 Å². The highest BCUT2D eigenvalue weighted by Gasteiger charge is 2.30. The van der Waals surface area contributed by atoms with Gasteiger partial charge in [0.15, 0.2) is 0 Å². The Balaban J connectivity index is 1.46. The Kier molecular flexibility index (Phi) is 7.57. The second-order valence-electron chi connectivity index (χ2n) is 9.24. The minimum atomic E-state index is -4.40. The van der Waals surface area contributed by atoms with Crippen LogP contribution in [0.4, 0.5) is 18.9 Å². The number of carbonyl (C=O) groups excluding carboxylic acids is 1. The molecule has 0 radical (unpaired) electrons. The molecule has 0 atom stereocenters. The van der Waals surface area contributed by atoms with Crippen molar-refractivity contribution in [2.24, 2.45) is 0 Å². The number of alkyl halides is 3.